The summed E-state index contributed by atoms with van der Waals surface area (Å²) in [6, 6.07) is 11.3. The van der Waals surface area contributed by atoms with Crippen molar-refractivity contribution in [2.24, 2.45) is 5.41 Å². The molecule has 0 unspecified atom stereocenters. The first-order chi connectivity index (χ1) is 13.9. The summed E-state index contributed by atoms with van der Waals surface area (Å²) in [5.74, 6) is 4.38. The van der Waals surface area contributed by atoms with Crippen molar-refractivity contribution in [1.29, 1.82) is 0 Å². The smallest absolute Gasteiger partial charge is 0.298 e. The molecular weight excluding hydrogens is 374 g/mol. The van der Waals surface area contributed by atoms with Crippen molar-refractivity contribution < 1.29 is 18.4 Å². The zero-order chi connectivity index (χ0) is 20.4. The molecule has 148 valence electrons. The van der Waals surface area contributed by atoms with Gasteiger partial charge in [0.2, 0.25) is 0 Å². The minimum absolute atomic E-state index is 0.0524. The van der Waals surface area contributed by atoms with E-state index in [2.05, 4.69) is 11.8 Å². The summed E-state index contributed by atoms with van der Waals surface area (Å²) in [6.07, 6.45) is 1.65. The maximum Gasteiger partial charge on any atom is 0.298 e. The highest BCUT2D eigenvalue weighted by atomic mass is 19.1. The first-order valence-corrected chi connectivity index (χ1v) is 9.56. The Balaban J connectivity index is 1.29. The number of halogens is 2. The molecule has 2 heterocycles. The number of likely N-dealkylation sites (tertiary alicyclic amines) is 2. The van der Waals surface area contributed by atoms with Crippen molar-refractivity contribution in [2.45, 2.75) is 12.8 Å². The summed E-state index contributed by atoms with van der Waals surface area (Å²) in [5, 5.41) is 0. The van der Waals surface area contributed by atoms with Gasteiger partial charge in [-0.2, -0.15) is 0 Å². The summed E-state index contributed by atoms with van der Waals surface area (Å²) in [5.41, 5.74) is 1.14. The lowest BCUT2D eigenvalue weighted by Gasteiger charge is -2.53. The molecule has 4 nitrogen and oxygen atoms in total. The van der Waals surface area contributed by atoms with Gasteiger partial charge in [0.15, 0.2) is 0 Å². The van der Waals surface area contributed by atoms with Gasteiger partial charge in [-0.3, -0.25) is 9.59 Å². The molecule has 4 rings (SSSR count). The van der Waals surface area contributed by atoms with Crippen molar-refractivity contribution in [3.8, 4) is 11.8 Å². The van der Waals surface area contributed by atoms with Crippen molar-refractivity contribution in [3.63, 3.8) is 0 Å². The fraction of sp³-hybridized carbons (Fsp3) is 0.304. The molecule has 6 heteroatoms. The zero-order valence-corrected chi connectivity index (χ0v) is 15.8. The van der Waals surface area contributed by atoms with E-state index in [0.717, 1.165) is 12.8 Å². The molecule has 2 aromatic carbocycles. The lowest BCUT2D eigenvalue weighted by molar-refractivity contribution is -0.129. The van der Waals surface area contributed by atoms with Gasteiger partial charge in [-0.1, -0.05) is 5.92 Å². The quantitative estimate of drug-likeness (QED) is 0.698. The highest BCUT2D eigenvalue weighted by Gasteiger charge is 2.47. The van der Waals surface area contributed by atoms with Crippen LogP contribution in [0.5, 0.6) is 0 Å². The Morgan fingerprint density at radius 1 is 0.828 bits per heavy atom. The van der Waals surface area contributed by atoms with Gasteiger partial charge in [0.05, 0.1) is 0 Å². The summed E-state index contributed by atoms with van der Waals surface area (Å²) in [6.45, 7) is 2.53. The number of amides is 2. The Morgan fingerprint density at radius 2 is 1.38 bits per heavy atom. The van der Waals surface area contributed by atoms with Gasteiger partial charge in [-0.15, -0.1) is 0 Å². The van der Waals surface area contributed by atoms with Crippen LogP contribution in [0.2, 0.25) is 0 Å². The summed E-state index contributed by atoms with van der Waals surface area (Å²) in [4.78, 5) is 28.3. The minimum Gasteiger partial charge on any atom is -0.337 e. The zero-order valence-electron chi connectivity index (χ0n) is 15.8. The third kappa shape index (κ3) is 4.14. The van der Waals surface area contributed by atoms with Crippen LogP contribution in [0, 0.1) is 28.9 Å². The van der Waals surface area contributed by atoms with Crippen LogP contribution in [0.25, 0.3) is 0 Å². The highest BCUT2D eigenvalue weighted by Crippen LogP contribution is 2.41. The lowest BCUT2D eigenvalue weighted by Crippen LogP contribution is -2.62. The second kappa shape index (κ2) is 7.67. The van der Waals surface area contributed by atoms with Crippen molar-refractivity contribution >= 4 is 11.8 Å². The third-order valence-corrected chi connectivity index (χ3v) is 5.70. The van der Waals surface area contributed by atoms with Crippen LogP contribution in [0.15, 0.2) is 48.5 Å². The Bertz CT molecular complexity index is 974. The van der Waals surface area contributed by atoms with Crippen molar-refractivity contribution in [3.05, 3.63) is 71.3 Å². The number of nitrogens with zero attached hydrogens (tertiary/aromatic N) is 2. The Kier molecular flexibility index (Phi) is 5.06. The highest BCUT2D eigenvalue weighted by molar-refractivity contribution is 5.95. The second-order valence-electron chi connectivity index (χ2n) is 7.72. The predicted molar refractivity (Wildman–Crippen MR) is 104 cm³/mol. The fourth-order valence-corrected chi connectivity index (χ4v) is 3.92. The van der Waals surface area contributed by atoms with E-state index >= 15 is 0 Å². The Labute approximate surface area is 168 Å². The van der Waals surface area contributed by atoms with Gasteiger partial charge in [-0.05, 0) is 61.4 Å². The summed E-state index contributed by atoms with van der Waals surface area (Å²) < 4.78 is 25.9. The molecule has 2 aromatic rings. The van der Waals surface area contributed by atoms with Crippen LogP contribution in [-0.4, -0.2) is 47.8 Å². The van der Waals surface area contributed by atoms with Crippen LogP contribution in [0.3, 0.4) is 0 Å². The number of rotatable bonds is 1. The third-order valence-electron chi connectivity index (χ3n) is 5.70. The monoisotopic (exact) mass is 394 g/mol. The molecule has 0 aliphatic carbocycles. The molecule has 1 spiro atoms. The molecule has 2 aliphatic rings. The van der Waals surface area contributed by atoms with Crippen molar-refractivity contribution in [2.75, 3.05) is 26.2 Å². The number of piperidine rings is 1. The summed E-state index contributed by atoms with van der Waals surface area (Å²) >= 11 is 0. The van der Waals surface area contributed by atoms with E-state index in [0.29, 0.717) is 37.3 Å². The molecule has 0 N–H and O–H groups in total. The SMILES string of the molecule is O=C(C#Cc1ccc(F)cc1)N1CCC2(CC1)CN(C(=O)c1ccc(F)cc1)C2. The molecule has 0 saturated carbocycles. The van der Waals surface area contributed by atoms with E-state index in [1.54, 1.807) is 21.9 Å². The van der Waals surface area contributed by atoms with E-state index in [-0.39, 0.29) is 28.9 Å². The maximum absolute atomic E-state index is 13.0. The predicted octanol–water partition coefficient (Wildman–Crippen LogP) is 3.08. The molecular formula is C23H20F2N2O2. The van der Waals surface area contributed by atoms with Crippen LogP contribution in [0.4, 0.5) is 8.78 Å². The molecule has 29 heavy (non-hydrogen) atoms. The van der Waals surface area contributed by atoms with E-state index in [9.17, 15) is 18.4 Å². The van der Waals surface area contributed by atoms with Gasteiger partial charge in [-0.25, -0.2) is 8.78 Å². The maximum atomic E-state index is 13.0. The minimum atomic E-state index is -0.360. The topological polar surface area (TPSA) is 40.6 Å². The lowest BCUT2D eigenvalue weighted by atomic mass is 9.71. The summed E-state index contributed by atoms with van der Waals surface area (Å²) in [7, 11) is 0. The number of benzene rings is 2. The van der Waals surface area contributed by atoms with Crippen LogP contribution >= 0.6 is 0 Å². The first kappa shape index (κ1) is 19.1. The Hall–Kier alpha value is -3.20. The average Bonchev–Trinajstić information content (AvgIpc) is 2.71. The number of carbonyl (C=O) groups excluding carboxylic acids is 2. The van der Waals surface area contributed by atoms with E-state index in [1.165, 1.54) is 36.4 Å². The average molecular weight is 394 g/mol. The van der Waals surface area contributed by atoms with Gasteiger partial charge in [0.1, 0.15) is 11.6 Å². The normalized spacial score (nSPS) is 17.3. The number of hydrogen-bond donors (Lipinski definition) is 0. The molecule has 0 aromatic heterocycles. The van der Waals surface area contributed by atoms with Crippen LogP contribution in [-0.2, 0) is 4.79 Å². The number of carbonyl (C=O) groups is 2. The molecule has 2 saturated heterocycles. The van der Waals surface area contributed by atoms with Gasteiger partial charge in [0, 0.05) is 48.6 Å². The molecule has 0 bridgehead atoms. The first-order valence-electron chi connectivity index (χ1n) is 9.56. The molecule has 0 atom stereocenters. The Morgan fingerprint density at radius 3 is 1.97 bits per heavy atom. The van der Waals surface area contributed by atoms with Crippen LogP contribution in [0.1, 0.15) is 28.8 Å². The van der Waals surface area contributed by atoms with E-state index in [1.807, 2.05) is 0 Å². The van der Waals surface area contributed by atoms with Gasteiger partial charge < -0.3 is 9.80 Å². The number of hydrogen-bond acceptors (Lipinski definition) is 2. The standard InChI is InChI=1S/C23H20F2N2O2/c24-19-6-1-17(2-7-19)3-10-21(28)26-13-11-23(12-14-26)15-27(16-23)22(29)18-4-8-20(25)9-5-18/h1-2,4-9H,11-16H2. The molecule has 2 fully saturated rings. The van der Waals surface area contributed by atoms with E-state index in [4.69, 9.17) is 0 Å². The molecule has 0 radical (unpaired) electrons. The van der Waals surface area contributed by atoms with E-state index < -0.39 is 0 Å². The largest absolute Gasteiger partial charge is 0.337 e. The second-order valence-corrected chi connectivity index (χ2v) is 7.72. The fourth-order valence-electron chi connectivity index (χ4n) is 3.92. The van der Waals surface area contributed by atoms with Gasteiger partial charge in [0.25, 0.3) is 11.8 Å². The van der Waals surface area contributed by atoms with Crippen molar-refractivity contribution in [1.82, 2.24) is 9.80 Å². The molecule has 2 aliphatic heterocycles. The van der Waals surface area contributed by atoms with Crippen LogP contribution < -0.4 is 0 Å². The van der Waals surface area contributed by atoms with Gasteiger partial charge >= 0.3 is 0 Å². The molecule has 2 amide bonds.